The van der Waals surface area contributed by atoms with Crippen molar-refractivity contribution in [3.63, 3.8) is 0 Å². The van der Waals surface area contributed by atoms with Gasteiger partial charge in [0.15, 0.2) is 0 Å². The minimum absolute atomic E-state index is 0.167. The lowest BCUT2D eigenvalue weighted by molar-refractivity contribution is -0.142. The minimum Gasteiger partial charge on any atom is -0.466 e. The number of aromatic nitrogens is 1. The summed E-state index contributed by atoms with van der Waals surface area (Å²) in [5.41, 5.74) is 5.66. The van der Waals surface area contributed by atoms with Gasteiger partial charge in [-0.3, -0.25) is 4.79 Å². The van der Waals surface area contributed by atoms with E-state index in [1.165, 1.54) is 16.5 Å². The number of para-hydroxylation sites is 1. The summed E-state index contributed by atoms with van der Waals surface area (Å²) in [7, 11) is 0. The number of fused-ring (bicyclic) bond motifs is 3. The van der Waals surface area contributed by atoms with Gasteiger partial charge in [0.05, 0.1) is 19.1 Å². The van der Waals surface area contributed by atoms with Crippen molar-refractivity contribution < 1.29 is 14.3 Å². The van der Waals surface area contributed by atoms with Gasteiger partial charge < -0.3 is 19.9 Å². The second-order valence-electron chi connectivity index (χ2n) is 7.61. The molecule has 2 aromatic carbocycles. The molecule has 1 aliphatic heterocycles. The number of hydrogen-bond donors (Lipinski definition) is 2. The first kappa shape index (κ1) is 20.0. The number of aromatic amines is 1. The molecule has 0 bridgehead atoms. The fourth-order valence-corrected chi connectivity index (χ4v) is 4.16. The van der Waals surface area contributed by atoms with Crippen molar-refractivity contribution in [3.8, 4) is 0 Å². The van der Waals surface area contributed by atoms with Crippen molar-refractivity contribution in [1.82, 2.24) is 15.2 Å². The largest absolute Gasteiger partial charge is 0.466 e. The van der Waals surface area contributed by atoms with E-state index in [9.17, 15) is 9.59 Å². The molecule has 0 aliphatic carbocycles. The Hall–Kier alpha value is -3.28. The lowest BCUT2D eigenvalue weighted by atomic mass is 9.92. The van der Waals surface area contributed by atoms with E-state index in [4.69, 9.17) is 4.74 Å². The van der Waals surface area contributed by atoms with E-state index < -0.39 is 0 Å². The number of ether oxygens (including phenoxy) is 1. The summed E-state index contributed by atoms with van der Waals surface area (Å²) in [6, 6.07) is 16.2. The molecule has 1 aliphatic rings. The summed E-state index contributed by atoms with van der Waals surface area (Å²) in [5, 5.41) is 4.10. The standard InChI is InChI=1S/C24H27N3O3/c1-3-30-21(28)12-14-25-24(29)27-15-13-19-18-6-4-5-7-20(18)26-22(19)23(27)17-10-8-16(2)9-11-17/h4-11,23,26H,3,12-15H2,1-2H3,(H,25,29)/t23-/m1/s1. The zero-order chi connectivity index (χ0) is 21.1. The summed E-state index contributed by atoms with van der Waals surface area (Å²) in [5.74, 6) is -0.301. The van der Waals surface area contributed by atoms with Gasteiger partial charge in [-0.05, 0) is 37.5 Å². The molecule has 2 heterocycles. The van der Waals surface area contributed by atoms with Crippen LogP contribution in [0, 0.1) is 6.92 Å². The summed E-state index contributed by atoms with van der Waals surface area (Å²) in [4.78, 5) is 30.1. The Morgan fingerprint density at radius 3 is 2.70 bits per heavy atom. The number of hydrogen-bond acceptors (Lipinski definition) is 3. The monoisotopic (exact) mass is 405 g/mol. The van der Waals surface area contributed by atoms with Crippen LogP contribution in [0.3, 0.4) is 0 Å². The highest BCUT2D eigenvalue weighted by atomic mass is 16.5. The topological polar surface area (TPSA) is 74.4 Å². The second-order valence-corrected chi connectivity index (χ2v) is 7.61. The Morgan fingerprint density at radius 1 is 1.17 bits per heavy atom. The van der Waals surface area contributed by atoms with Crippen molar-refractivity contribution in [3.05, 3.63) is 70.9 Å². The molecule has 2 N–H and O–H groups in total. The van der Waals surface area contributed by atoms with Crippen LogP contribution in [-0.4, -0.2) is 41.6 Å². The van der Waals surface area contributed by atoms with Gasteiger partial charge in [0.1, 0.15) is 0 Å². The first-order valence-electron chi connectivity index (χ1n) is 10.4. The van der Waals surface area contributed by atoms with E-state index in [2.05, 4.69) is 53.6 Å². The van der Waals surface area contributed by atoms with Gasteiger partial charge >= 0.3 is 12.0 Å². The third-order valence-corrected chi connectivity index (χ3v) is 5.60. The molecule has 0 spiro atoms. The molecule has 3 aromatic rings. The van der Waals surface area contributed by atoms with E-state index in [0.717, 1.165) is 23.2 Å². The third kappa shape index (κ3) is 3.90. The fraction of sp³-hybridized carbons (Fsp3) is 0.333. The normalized spacial score (nSPS) is 15.7. The van der Waals surface area contributed by atoms with Crippen molar-refractivity contribution in [2.75, 3.05) is 19.7 Å². The van der Waals surface area contributed by atoms with Gasteiger partial charge in [-0.25, -0.2) is 4.79 Å². The predicted octanol–water partition coefficient (Wildman–Crippen LogP) is 4.09. The molecule has 1 atom stereocenters. The van der Waals surface area contributed by atoms with Crippen LogP contribution in [0.2, 0.25) is 0 Å². The molecule has 0 saturated heterocycles. The highest BCUT2D eigenvalue weighted by Gasteiger charge is 2.34. The summed E-state index contributed by atoms with van der Waals surface area (Å²) in [6.07, 6.45) is 0.952. The molecule has 6 heteroatoms. The number of carbonyl (C=O) groups excluding carboxylic acids is 2. The fourth-order valence-electron chi connectivity index (χ4n) is 4.16. The smallest absolute Gasteiger partial charge is 0.318 e. The summed E-state index contributed by atoms with van der Waals surface area (Å²) >= 11 is 0. The van der Waals surface area contributed by atoms with Crippen LogP contribution < -0.4 is 5.32 Å². The number of H-pyrrole nitrogens is 1. The molecule has 0 saturated carbocycles. The molecule has 0 fully saturated rings. The number of aryl methyl sites for hydroxylation is 1. The van der Waals surface area contributed by atoms with Crippen molar-refractivity contribution in [2.24, 2.45) is 0 Å². The van der Waals surface area contributed by atoms with Crippen LogP contribution in [0.1, 0.15) is 41.8 Å². The van der Waals surface area contributed by atoms with Gasteiger partial charge in [-0.2, -0.15) is 0 Å². The Bertz CT molecular complexity index is 1060. The molecular weight excluding hydrogens is 378 g/mol. The quantitative estimate of drug-likeness (QED) is 0.628. The van der Waals surface area contributed by atoms with Crippen LogP contribution in [0.4, 0.5) is 4.79 Å². The molecule has 30 heavy (non-hydrogen) atoms. The third-order valence-electron chi connectivity index (χ3n) is 5.60. The molecule has 2 amide bonds. The molecule has 0 radical (unpaired) electrons. The number of nitrogens with zero attached hydrogens (tertiary/aromatic N) is 1. The van der Waals surface area contributed by atoms with Gasteiger partial charge in [0.25, 0.3) is 0 Å². The number of amides is 2. The molecular formula is C24H27N3O3. The zero-order valence-corrected chi connectivity index (χ0v) is 17.4. The highest BCUT2D eigenvalue weighted by Crippen LogP contribution is 2.38. The average molecular weight is 405 g/mol. The van der Waals surface area contributed by atoms with Crippen LogP contribution in [0.25, 0.3) is 10.9 Å². The molecule has 1 aromatic heterocycles. The second kappa shape index (κ2) is 8.61. The van der Waals surface area contributed by atoms with E-state index in [1.54, 1.807) is 6.92 Å². The van der Waals surface area contributed by atoms with Crippen LogP contribution in [0.5, 0.6) is 0 Å². The average Bonchev–Trinajstić information content (AvgIpc) is 3.12. The Morgan fingerprint density at radius 2 is 1.93 bits per heavy atom. The summed E-state index contributed by atoms with van der Waals surface area (Å²) in [6.45, 7) is 5.04. The van der Waals surface area contributed by atoms with E-state index >= 15 is 0 Å². The zero-order valence-electron chi connectivity index (χ0n) is 17.4. The van der Waals surface area contributed by atoms with Crippen molar-refractivity contribution >= 4 is 22.9 Å². The predicted molar refractivity (Wildman–Crippen MR) is 116 cm³/mol. The highest BCUT2D eigenvalue weighted by molar-refractivity contribution is 5.86. The Kier molecular flexibility index (Phi) is 5.74. The number of urea groups is 1. The SMILES string of the molecule is CCOC(=O)CCNC(=O)N1CCc2c([nH]c3ccccc23)[C@H]1c1ccc(C)cc1. The number of rotatable bonds is 5. The van der Waals surface area contributed by atoms with Crippen LogP contribution in [0.15, 0.2) is 48.5 Å². The van der Waals surface area contributed by atoms with E-state index in [0.29, 0.717) is 13.2 Å². The minimum atomic E-state index is -0.301. The number of carbonyl (C=O) groups is 2. The van der Waals surface area contributed by atoms with Gasteiger partial charge in [-0.15, -0.1) is 0 Å². The number of esters is 1. The molecule has 4 rings (SSSR count). The van der Waals surface area contributed by atoms with Gasteiger partial charge in [0.2, 0.25) is 0 Å². The summed E-state index contributed by atoms with van der Waals surface area (Å²) < 4.78 is 4.94. The Balaban J connectivity index is 1.63. The lowest BCUT2D eigenvalue weighted by Crippen LogP contribution is -2.46. The van der Waals surface area contributed by atoms with Crippen molar-refractivity contribution in [2.45, 2.75) is 32.7 Å². The lowest BCUT2D eigenvalue weighted by Gasteiger charge is -2.36. The van der Waals surface area contributed by atoms with Gasteiger partial charge in [0, 0.05) is 29.7 Å². The molecule has 0 unspecified atom stereocenters. The van der Waals surface area contributed by atoms with Crippen LogP contribution >= 0.6 is 0 Å². The van der Waals surface area contributed by atoms with Crippen molar-refractivity contribution in [1.29, 1.82) is 0 Å². The first-order chi connectivity index (χ1) is 14.6. The Labute approximate surface area is 176 Å². The van der Waals surface area contributed by atoms with E-state index in [-0.39, 0.29) is 31.0 Å². The molecule has 6 nitrogen and oxygen atoms in total. The van der Waals surface area contributed by atoms with Crippen LogP contribution in [-0.2, 0) is 16.0 Å². The number of benzene rings is 2. The maximum atomic E-state index is 13.1. The molecule has 156 valence electrons. The van der Waals surface area contributed by atoms with E-state index in [1.807, 2.05) is 17.0 Å². The maximum Gasteiger partial charge on any atom is 0.318 e. The van der Waals surface area contributed by atoms with Gasteiger partial charge in [-0.1, -0.05) is 48.0 Å². The maximum absolute atomic E-state index is 13.1. The number of nitrogens with one attached hydrogen (secondary N) is 2. The first-order valence-corrected chi connectivity index (χ1v) is 10.4.